The molecule has 0 aliphatic carbocycles. The van der Waals surface area contributed by atoms with Crippen LogP contribution in [0.15, 0.2) is 12.1 Å². The number of fused-ring (bicyclic) bond motifs is 3. The highest BCUT2D eigenvalue weighted by atomic mass is 19.1. The van der Waals surface area contributed by atoms with Crippen molar-refractivity contribution in [2.24, 2.45) is 11.8 Å². The van der Waals surface area contributed by atoms with Crippen LogP contribution in [0.3, 0.4) is 0 Å². The van der Waals surface area contributed by atoms with Crippen molar-refractivity contribution in [1.29, 1.82) is 0 Å². The van der Waals surface area contributed by atoms with Crippen molar-refractivity contribution < 1.29 is 19.0 Å². The van der Waals surface area contributed by atoms with Gasteiger partial charge in [0.2, 0.25) is 0 Å². The summed E-state index contributed by atoms with van der Waals surface area (Å²) in [6.07, 6.45) is 2.94. The highest BCUT2D eigenvalue weighted by Crippen LogP contribution is 2.43. The fourth-order valence-electron chi connectivity index (χ4n) is 4.55. The number of hydrogen-bond donors (Lipinski definition) is 1. The summed E-state index contributed by atoms with van der Waals surface area (Å²) in [5, 5.41) is 10.7. The second-order valence-corrected chi connectivity index (χ2v) is 8.28. The van der Waals surface area contributed by atoms with E-state index in [1.807, 2.05) is 6.92 Å². The van der Waals surface area contributed by atoms with E-state index in [0.29, 0.717) is 37.2 Å². The van der Waals surface area contributed by atoms with Crippen molar-refractivity contribution in [3.63, 3.8) is 0 Å². The lowest BCUT2D eigenvalue weighted by Crippen LogP contribution is -2.48. The predicted octanol–water partition coefficient (Wildman–Crippen LogP) is 4.15. The van der Waals surface area contributed by atoms with Crippen LogP contribution in [0.4, 0.5) is 4.39 Å². The molecule has 2 aliphatic heterocycles. The monoisotopic (exact) mass is 379 g/mol. The van der Waals surface area contributed by atoms with E-state index in [4.69, 9.17) is 9.47 Å². The topological polar surface area (TPSA) is 41.9 Å². The Bertz CT molecular complexity index is 622. The molecule has 2 aliphatic rings. The van der Waals surface area contributed by atoms with E-state index in [1.165, 1.54) is 11.1 Å². The Kier molecular flexibility index (Phi) is 6.99. The Morgan fingerprint density at radius 3 is 2.74 bits per heavy atom. The average molecular weight is 380 g/mol. The van der Waals surface area contributed by atoms with Crippen LogP contribution in [0, 0.1) is 11.8 Å². The van der Waals surface area contributed by atoms with Gasteiger partial charge >= 0.3 is 0 Å². The standard InChI is InChI=1S/C22H34FNO3/c1-4-26-21-11-16-6-8-24-14-17(10-15(2)3)20(25)13-19(24)18(16)12-22(21)27-9-5-7-23/h11-12,15,17,19-20,25H,4-10,13-14H2,1-3H3. The fraction of sp³-hybridized carbons (Fsp3) is 0.727. The zero-order chi connectivity index (χ0) is 19.4. The molecule has 1 aromatic carbocycles. The van der Waals surface area contributed by atoms with Crippen LogP contribution in [0.5, 0.6) is 11.5 Å². The third kappa shape index (κ3) is 4.75. The number of aliphatic hydroxyl groups excluding tert-OH is 1. The molecule has 4 nitrogen and oxygen atoms in total. The lowest BCUT2D eigenvalue weighted by atomic mass is 9.79. The molecule has 152 valence electrons. The SMILES string of the molecule is CCOc1cc2c(cc1OCCCF)C1CC(O)C(CC(C)C)CN1CC2. The van der Waals surface area contributed by atoms with Crippen molar-refractivity contribution >= 4 is 0 Å². The Hall–Kier alpha value is -1.33. The molecule has 0 aromatic heterocycles. The zero-order valence-electron chi connectivity index (χ0n) is 16.9. The number of hydrogen-bond acceptors (Lipinski definition) is 4. The molecule has 1 aromatic rings. The smallest absolute Gasteiger partial charge is 0.161 e. The van der Waals surface area contributed by atoms with Gasteiger partial charge in [-0.2, -0.15) is 0 Å². The molecule has 0 radical (unpaired) electrons. The quantitative estimate of drug-likeness (QED) is 0.689. The lowest BCUT2D eigenvalue weighted by molar-refractivity contribution is -0.0192. The molecule has 1 fully saturated rings. The number of nitrogens with zero attached hydrogens (tertiary/aromatic N) is 1. The summed E-state index contributed by atoms with van der Waals surface area (Å²) in [5.41, 5.74) is 2.52. The highest BCUT2D eigenvalue weighted by Gasteiger charge is 2.38. The summed E-state index contributed by atoms with van der Waals surface area (Å²) >= 11 is 0. The van der Waals surface area contributed by atoms with Gasteiger partial charge < -0.3 is 14.6 Å². The largest absolute Gasteiger partial charge is 0.490 e. The molecule has 2 heterocycles. The molecule has 0 bridgehead atoms. The Morgan fingerprint density at radius 1 is 1.26 bits per heavy atom. The predicted molar refractivity (Wildman–Crippen MR) is 105 cm³/mol. The Labute approximate surface area is 162 Å². The first-order chi connectivity index (χ1) is 13.0. The van der Waals surface area contributed by atoms with Gasteiger partial charge in [-0.1, -0.05) is 13.8 Å². The van der Waals surface area contributed by atoms with Gasteiger partial charge in [0.25, 0.3) is 0 Å². The van der Waals surface area contributed by atoms with Gasteiger partial charge in [0.1, 0.15) is 0 Å². The van der Waals surface area contributed by atoms with Gasteiger partial charge in [-0.05, 0) is 61.3 Å². The van der Waals surface area contributed by atoms with Crippen LogP contribution in [0.1, 0.15) is 57.2 Å². The maximum absolute atomic E-state index is 12.5. The van der Waals surface area contributed by atoms with Crippen molar-refractivity contribution in [2.75, 3.05) is 33.0 Å². The first kappa shape index (κ1) is 20.4. The Balaban J connectivity index is 1.83. The summed E-state index contributed by atoms with van der Waals surface area (Å²) in [5.74, 6) is 2.40. The van der Waals surface area contributed by atoms with Gasteiger partial charge in [-0.25, -0.2) is 0 Å². The van der Waals surface area contributed by atoms with E-state index >= 15 is 0 Å². The van der Waals surface area contributed by atoms with Gasteiger partial charge in [0.15, 0.2) is 11.5 Å². The van der Waals surface area contributed by atoms with Crippen LogP contribution >= 0.6 is 0 Å². The number of halogens is 1. The number of ether oxygens (including phenoxy) is 2. The van der Waals surface area contributed by atoms with E-state index in [1.54, 1.807) is 0 Å². The fourth-order valence-corrected chi connectivity index (χ4v) is 4.55. The third-order valence-corrected chi connectivity index (χ3v) is 5.76. The molecule has 0 spiro atoms. The summed E-state index contributed by atoms with van der Waals surface area (Å²) in [6.45, 7) is 8.92. The van der Waals surface area contributed by atoms with E-state index in [-0.39, 0.29) is 18.8 Å². The third-order valence-electron chi connectivity index (χ3n) is 5.76. The number of rotatable bonds is 8. The molecule has 1 saturated heterocycles. The van der Waals surface area contributed by atoms with Gasteiger partial charge in [-0.15, -0.1) is 0 Å². The minimum atomic E-state index is -0.380. The summed E-state index contributed by atoms with van der Waals surface area (Å²) in [6, 6.07) is 4.39. The molecular weight excluding hydrogens is 345 g/mol. The van der Waals surface area contributed by atoms with E-state index in [0.717, 1.165) is 38.1 Å². The van der Waals surface area contributed by atoms with Crippen LogP contribution in [-0.4, -0.2) is 49.1 Å². The molecule has 3 atom stereocenters. The van der Waals surface area contributed by atoms with Crippen molar-refractivity contribution in [3.05, 3.63) is 23.3 Å². The second-order valence-electron chi connectivity index (χ2n) is 8.28. The van der Waals surface area contributed by atoms with Crippen molar-refractivity contribution in [1.82, 2.24) is 4.90 Å². The number of aliphatic hydroxyl groups is 1. The maximum Gasteiger partial charge on any atom is 0.161 e. The molecule has 3 unspecified atom stereocenters. The molecule has 0 amide bonds. The molecule has 1 N–H and O–H groups in total. The van der Waals surface area contributed by atoms with Gasteiger partial charge in [0, 0.05) is 25.6 Å². The molecule has 5 heteroatoms. The normalized spacial score (nSPS) is 25.2. The molecular formula is C22H34FNO3. The van der Waals surface area contributed by atoms with Crippen LogP contribution in [0.25, 0.3) is 0 Å². The first-order valence-electron chi connectivity index (χ1n) is 10.4. The maximum atomic E-state index is 12.5. The number of alkyl halides is 1. The van der Waals surface area contributed by atoms with E-state index in [2.05, 4.69) is 30.9 Å². The minimum absolute atomic E-state index is 0.228. The number of piperidine rings is 1. The van der Waals surface area contributed by atoms with E-state index in [9.17, 15) is 9.50 Å². The van der Waals surface area contributed by atoms with Crippen LogP contribution in [0.2, 0.25) is 0 Å². The summed E-state index contributed by atoms with van der Waals surface area (Å²) in [4.78, 5) is 2.52. The van der Waals surface area contributed by atoms with Gasteiger partial charge in [0.05, 0.1) is 26.0 Å². The number of benzene rings is 1. The van der Waals surface area contributed by atoms with Crippen LogP contribution in [-0.2, 0) is 6.42 Å². The summed E-state index contributed by atoms with van der Waals surface area (Å²) in [7, 11) is 0. The van der Waals surface area contributed by atoms with Crippen molar-refractivity contribution in [3.8, 4) is 11.5 Å². The molecule has 3 rings (SSSR count). The molecule has 27 heavy (non-hydrogen) atoms. The van der Waals surface area contributed by atoms with Gasteiger partial charge in [-0.3, -0.25) is 9.29 Å². The minimum Gasteiger partial charge on any atom is -0.490 e. The van der Waals surface area contributed by atoms with E-state index < -0.39 is 0 Å². The highest BCUT2D eigenvalue weighted by molar-refractivity contribution is 5.49. The second kappa shape index (κ2) is 9.24. The first-order valence-corrected chi connectivity index (χ1v) is 10.4. The lowest BCUT2D eigenvalue weighted by Gasteiger charge is -2.46. The van der Waals surface area contributed by atoms with Crippen molar-refractivity contribution in [2.45, 2.75) is 58.6 Å². The molecule has 0 saturated carbocycles. The zero-order valence-corrected chi connectivity index (χ0v) is 16.9. The average Bonchev–Trinajstić information content (AvgIpc) is 2.63. The summed E-state index contributed by atoms with van der Waals surface area (Å²) < 4.78 is 24.1. The van der Waals surface area contributed by atoms with Crippen LogP contribution < -0.4 is 9.47 Å². The Morgan fingerprint density at radius 2 is 2.04 bits per heavy atom.